The van der Waals surface area contributed by atoms with E-state index in [2.05, 4.69) is 188 Å². The molecule has 10 rings (SSSR count). The summed E-state index contributed by atoms with van der Waals surface area (Å²) in [7, 11) is 0. The molecule has 0 N–H and O–H groups in total. The minimum atomic E-state index is 0.961. The Balaban J connectivity index is 1.15. The monoisotopic (exact) mass is 689 g/mol. The highest BCUT2D eigenvalue weighted by atomic mass is 15.0. The van der Waals surface area contributed by atoms with Gasteiger partial charge in [0.1, 0.15) is 0 Å². The van der Waals surface area contributed by atoms with Crippen LogP contribution in [0.1, 0.15) is 34.4 Å². The molecule has 9 aromatic rings. The van der Waals surface area contributed by atoms with Crippen molar-refractivity contribution in [3.8, 4) is 27.9 Å². The van der Waals surface area contributed by atoms with Crippen molar-refractivity contribution in [3.05, 3.63) is 204 Å². The van der Waals surface area contributed by atoms with Gasteiger partial charge in [-0.25, -0.2) is 0 Å². The molecule has 54 heavy (non-hydrogen) atoms. The number of aromatic nitrogens is 1. The summed E-state index contributed by atoms with van der Waals surface area (Å²) < 4.78 is 2.52. The molecule has 256 valence electrons. The van der Waals surface area contributed by atoms with Crippen molar-refractivity contribution in [2.24, 2.45) is 0 Å². The minimum Gasteiger partial charge on any atom is -0.313 e. The van der Waals surface area contributed by atoms with E-state index in [9.17, 15) is 0 Å². The summed E-state index contributed by atoms with van der Waals surface area (Å²) in [5.41, 5.74) is 15.3. The van der Waals surface area contributed by atoms with Crippen molar-refractivity contribution in [1.29, 1.82) is 0 Å². The average Bonchev–Trinajstić information content (AvgIpc) is 3.56. The van der Waals surface area contributed by atoms with Crippen molar-refractivity contribution >= 4 is 60.9 Å². The second kappa shape index (κ2) is 13.1. The molecule has 0 aliphatic heterocycles. The van der Waals surface area contributed by atoms with Crippen LogP contribution in [0.4, 0.5) is 0 Å². The van der Waals surface area contributed by atoms with E-state index >= 15 is 0 Å². The van der Waals surface area contributed by atoms with Crippen LogP contribution in [0.2, 0.25) is 0 Å². The van der Waals surface area contributed by atoms with Crippen molar-refractivity contribution < 1.29 is 0 Å². The topological polar surface area (TPSA) is 4.93 Å². The zero-order valence-corrected chi connectivity index (χ0v) is 30.4. The number of nitrogens with zero attached hydrogens (tertiary/aromatic N) is 1. The molecule has 0 atom stereocenters. The van der Waals surface area contributed by atoms with Gasteiger partial charge in [0.2, 0.25) is 0 Å². The third-order valence-electron chi connectivity index (χ3n) is 11.4. The third kappa shape index (κ3) is 5.16. The van der Waals surface area contributed by atoms with Crippen molar-refractivity contribution in [2.75, 3.05) is 0 Å². The minimum absolute atomic E-state index is 0.961. The summed E-state index contributed by atoms with van der Waals surface area (Å²) in [5, 5.41) is 9.11. The largest absolute Gasteiger partial charge is 0.313 e. The van der Waals surface area contributed by atoms with Crippen LogP contribution >= 0.6 is 0 Å². The van der Waals surface area contributed by atoms with E-state index in [0.29, 0.717) is 0 Å². The van der Waals surface area contributed by atoms with E-state index in [-0.39, 0.29) is 0 Å². The number of hydrogen-bond donors (Lipinski definition) is 0. The Bertz CT molecular complexity index is 2980. The standard InChI is InChI=1S/C53H39N/c1-3-4-16-36-17-6-8-19-41(36)46-29-26-37(32-49(46)40-18-7-5-15-35(40)2)38-27-31-53-51(33-38)48-24-13-14-25-52(48)54(53)39-28-30-47-44-22-10-9-20-42(44)43-21-11-12-23-45(43)50(47)34-39/h3-26,28-30,32-34H,1,27,31H2,2H3/b16-4-. The Morgan fingerprint density at radius 3 is 1.89 bits per heavy atom. The summed E-state index contributed by atoms with van der Waals surface area (Å²) in [6, 6.07) is 58.2. The first-order valence-electron chi connectivity index (χ1n) is 18.9. The quantitative estimate of drug-likeness (QED) is 0.121. The van der Waals surface area contributed by atoms with E-state index in [1.165, 1.54) is 105 Å². The smallest absolute Gasteiger partial charge is 0.0537 e. The van der Waals surface area contributed by atoms with Gasteiger partial charge in [-0.3, -0.25) is 0 Å². The zero-order valence-electron chi connectivity index (χ0n) is 30.4. The lowest BCUT2D eigenvalue weighted by Crippen LogP contribution is -2.05. The number of aryl methyl sites for hydroxylation is 1. The van der Waals surface area contributed by atoms with Gasteiger partial charge in [-0.15, -0.1) is 0 Å². The molecule has 1 aliphatic carbocycles. The third-order valence-corrected chi connectivity index (χ3v) is 11.4. The highest BCUT2D eigenvalue weighted by Crippen LogP contribution is 2.43. The lowest BCUT2D eigenvalue weighted by molar-refractivity contribution is 0.899. The molecule has 0 spiro atoms. The normalized spacial score (nSPS) is 12.9. The molecule has 0 saturated carbocycles. The van der Waals surface area contributed by atoms with E-state index in [1.54, 1.807) is 0 Å². The lowest BCUT2D eigenvalue weighted by Gasteiger charge is -2.21. The number of fused-ring (bicyclic) bond motifs is 9. The fourth-order valence-electron chi connectivity index (χ4n) is 8.92. The SMILES string of the molecule is C=C/C=C\c1ccccc1-c1ccc(C2=Cc3c(n(-c4ccc5c6ccccc6c6ccccc6c5c4)c4ccccc34)CC2)cc1-c1ccccc1C. The van der Waals surface area contributed by atoms with Crippen LogP contribution in [-0.2, 0) is 6.42 Å². The lowest BCUT2D eigenvalue weighted by atomic mass is 9.85. The molecule has 1 heteroatoms. The molecule has 0 bridgehead atoms. The van der Waals surface area contributed by atoms with Gasteiger partial charge in [-0.1, -0.05) is 158 Å². The van der Waals surface area contributed by atoms with Gasteiger partial charge in [0.25, 0.3) is 0 Å². The summed E-state index contributed by atoms with van der Waals surface area (Å²) in [4.78, 5) is 0. The Morgan fingerprint density at radius 2 is 1.15 bits per heavy atom. The summed E-state index contributed by atoms with van der Waals surface area (Å²) >= 11 is 0. The highest BCUT2D eigenvalue weighted by molar-refractivity contribution is 6.25. The molecule has 1 nitrogen and oxygen atoms in total. The Hall–Kier alpha value is -6.70. The first-order chi connectivity index (χ1) is 26.7. The summed E-state index contributed by atoms with van der Waals surface area (Å²) in [6.45, 7) is 6.13. The second-order valence-electron chi connectivity index (χ2n) is 14.5. The summed E-state index contributed by atoms with van der Waals surface area (Å²) in [5.74, 6) is 0. The molecule has 0 saturated heterocycles. The van der Waals surface area contributed by atoms with E-state index < -0.39 is 0 Å². The molecular weight excluding hydrogens is 651 g/mol. The van der Waals surface area contributed by atoms with Gasteiger partial charge >= 0.3 is 0 Å². The van der Waals surface area contributed by atoms with Crippen LogP contribution < -0.4 is 0 Å². The van der Waals surface area contributed by atoms with Gasteiger partial charge in [-0.2, -0.15) is 0 Å². The molecule has 1 aromatic heterocycles. The first-order valence-corrected chi connectivity index (χ1v) is 18.9. The van der Waals surface area contributed by atoms with Crippen LogP contribution in [0.3, 0.4) is 0 Å². The Labute approximate surface area is 316 Å². The fraction of sp³-hybridized carbons (Fsp3) is 0.0566. The molecule has 1 heterocycles. The number of rotatable bonds is 6. The van der Waals surface area contributed by atoms with Crippen molar-refractivity contribution in [2.45, 2.75) is 19.8 Å². The molecule has 0 amide bonds. The molecule has 8 aromatic carbocycles. The highest BCUT2D eigenvalue weighted by Gasteiger charge is 2.23. The number of allylic oxidation sites excluding steroid dienone is 3. The first kappa shape index (κ1) is 32.0. The maximum Gasteiger partial charge on any atom is 0.0537 e. The Morgan fingerprint density at radius 1 is 0.519 bits per heavy atom. The van der Waals surface area contributed by atoms with Gasteiger partial charge < -0.3 is 4.57 Å². The maximum absolute atomic E-state index is 3.91. The molecule has 1 aliphatic rings. The molecule has 0 unspecified atom stereocenters. The summed E-state index contributed by atoms with van der Waals surface area (Å²) in [6.07, 6.45) is 10.4. The molecule has 0 radical (unpaired) electrons. The van der Waals surface area contributed by atoms with E-state index in [4.69, 9.17) is 0 Å². The average molecular weight is 690 g/mol. The van der Waals surface area contributed by atoms with Gasteiger partial charge in [0.15, 0.2) is 0 Å². The van der Waals surface area contributed by atoms with Crippen LogP contribution in [0.5, 0.6) is 0 Å². The predicted molar refractivity (Wildman–Crippen MR) is 233 cm³/mol. The Kier molecular flexibility index (Phi) is 7.74. The van der Waals surface area contributed by atoms with Crippen LogP contribution in [-0.4, -0.2) is 4.57 Å². The molecular formula is C53H39N. The predicted octanol–water partition coefficient (Wildman–Crippen LogP) is 14.4. The van der Waals surface area contributed by atoms with Crippen LogP contribution in [0.25, 0.3) is 88.9 Å². The van der Waals surface area contributed by atoms with Crippen molar-refractivity contribution in [1.82, 2.24) is 4.57 Å². The number of para-hydroxylation sites is 1. The molecule has 0 fully saturated rings. The van der Waals surface area contributed by atoms with Gasteiger partial charge in [0, 0.05) is 22.3 Å². The van der Waals surface area contributed by atoms with E-state index in [1.807, 2.05) is 12.2 Å². The van der Waals surface area contributed by atoms with Crippen LogP contribution in [0.15, 0.2) is 176 Å². The van der Waals surface area contributed by atoms with Crippen LogP contribution in [0, 0.1) is 6.92 Å². The van der Waals surface area contributed by atoms with E-state index in [0.717, 1.165) is 12.8 Å². The number of hydrogen-bond acceptors (Lipinski definition) is 0. The van der Waals surface area contributed by atoms with Gasteiger partial charge in [-0.05, 0) is 127 Å². The maximum atomic E-state index is 3.91. The number of benzene rings is 8. The van der Waals surface area contributed by atoms with Gasteiger partial charge in [0.05, 0.1) is 5.52 Å². The second-order valence-corrected chi connectivity index (χ2v) is 14.5. The zero-order chi connectivity index (χ0) is 36.2. The fourth-order valence-corrected chi connectivity index (χ4v) is 8.92. The van der Waals surface area contributed by atoms with Crippen molar-refractivity contribution in [3.63, 3.8) is 0 Å².